The topological polar surface area (TPSA) is 33.1 Å². The van der Waals surface area contributed by atoms with Crippen LogP contribution in [0, 0.1) is 12.7 Å². The zero-order chi connectivity index (χ0) is 8.43. The highest BCUT2D eigenvalue weighted by atomic mass is 79.9. The predicted molar refractivity (Wildman–Crippen MR) is 42.6 cm³/mol. The lowest BCUT2D eigenvalue weighted by Gasteiger charge is -2.03. The summed E-state index contributed by atoms with van der Waals surface area (Å²) in [7, 11) is 0. The molecule has 0 amide bonds. The van der Waals surface area contributed by atoms with E-state index in [1.807, 2.05) is 0 Å². The molecule has 0 saturated carbocycles. The van der Waals surface area contributed by atoms with E-state index in [4.69, 9.17) is 5.11 Å². The molecule has 4 heteroatoms. The van der Waals surface area contributed by atoms with Crippen LogP contribution in [0.15, 0.2) is 10.8 Å². The number of aliphatic hydroxyl groups excluding tert-OH is 1. The Morgan fingerprint density at radius 3 is 2.82 bits per heavy atom. The second-order valence-electron chi connectivity index (χ2n) is 2.16. The van der Waals surface area contributed by atoms with Gasteiger partial charge in [-0.1, -0.05) is 0 Å². The number of aliphatic hydroxyl groups is 1. The summed E-state index contributed by atoms with van der Waals surface area (Å²) in [5, 5.41) is 8.74. The van der Waals surface area contributed by atoms with E-state index in [2.05, 4.69) is 20.9 Å². The number of halogens is 2. The van der Waals surface area contributed by atoms with E-state index < -0.39 is 5.82 Å². The van der Waals surface area contributed by atoms with Crippen molar-refractivity contribution in [2.24, 2.45) is 0 Å². The standard InChI is InChI=1S/C7H7BrFNO/c1-4-5(3-11)6(9)2-10-7(4)8/h2,11H,3H2,1H3. The fraction of sp³-hybridized carbons (Fsp3) is 0.286. The molecule has 1 rings (SSSR count). The molecule has 0 aliphatic rings. The van der Waals surface area contributed by atoms with E-state index in [0.29, 0.717) is 15.7 Å². The molecule has 0 spiro atoms. The van der Waals surface area contributed by atoms with E-state index in [1.165, 1.54) is 0 Å². The average molecular weight is 220 g/mol. The SMILES string of the molecule is Cc1c(Br)ncc(F)c1CO. The Labute approximate surface area is 72.2 Å². The number of hydrogen-bond donors (Lipinski definition) is 1. The van der Waals surface area contributed by atoms with Crippen LogP contribution in [0.25, 0.3) is 0 Å². The van der Waals surface area contributed by atoms with Gasteiger partial charge in [0.1, 0.15) is 10.4 Å². The van der Waals surface area contributed by atoms with Crippen LogP contribution < -0.4 is 0 Å². The van der Waals surface area contributed by atoms with Crippen LogP contribution in [0.5, 0.6) is 0 Å². The second-order valence-corrected chi connectivity index (χ2v) is 2.91. The van der Waals surface area contributed by atoms with E-state index in [-0.39, 0.29) is 6.61 Å². The first-order chi connectivity index (χ1) is 5.16. The van der Waals surface area contributed by atoms with Crippen LogP contribution >= 0.6 is 15.9 Å². The Morgan fingerprint density at radius 1 is 1.73 bits per heavy atom. The van der Waals surface area contributed by atoms with Crippen molar-refractivity contribution in [1.29, 1.82) is 0 Å². The quantitative estimate of drug-likeness (QED) is 0.731. The Bertz CT molecular complexity index is 277. The van der Waals surface area contributed by atoms with E-state index in [0.717, 1.165) is 6.20 Å². The summed E-state index contributed by atoms with van der Waals surface area (Å²) in [5.74, 6) is -0.465. The van der Waals surface area contributed by atoms with Crippen molar-refractivity contribution in [1.82, 2.24) is 4.98 Å². The Hall–Kier alpha value is -0.480. The summed E-state index contributed by atoms with van der Waals surface area (Å²) in [4.78, 5) is 3.72. The number of rotatable bonds is 1. The van der Waals surface area contributed by atoms with Crippen molar-refractivity contribution in [2.45, 2.75) is 13.5 Å². The highest BCUT2D eigenvalue weighted by Gasteiger charge is 2.07. The fourth-order valence-electron chi connectivity index (χ4n) is 0.786. The Balaban J connectivity index is 3.29. The molecule has 0 aliphatic heterocycles. The fourth-order valence-corrected chi connectivity index (χ4v) is 1.13. The van der Waals surface area contributed by atoms with Crippen LogP contribution in [0.4, 0.5) is 4.39 Å². The number of hydrogen-bond acceptors (Lipinski definition) is 2. The van der Waals surface area contributed by atoms with Crippen LogP contribution in [0.1, 0.15) is 11.1 Å². The summed E-state index contributed by atoms with van der Waals surface area (Å²) in [6, 6.07) is 0. The number of pyridine rings is 1. The molecule has 1 N–H and O–H groups in total. The van der Waals surface area contributed by atoms with Crippen LogP contribution in [0.2, 0.25) is 0 Å². The summed E-state index contributed by atoms with van der Waals surface area (Å²) in [5.41, 5.74) is 0.944. The average Bonchev–Trinajstić information content (AvgIpc) is 1.99. The molecule has 0 bridgehead atoms. The molecule has 2 nitrogen and oxygen atoms in total. The van der Waals surface area contributed by atoms with E-state index >= 15 is 0 Å². The van der Waals surface area contributed by atoms with Crippen molar-refractivity contribution in [3.05, 3.63) is 27.7 Å². The van der Waals surface area contributed by atoms with Gasteiger partial charge in [-0.2, -0.15) is 0 Å². The van der Waals surface area contributed by atoms with Gasteiger partial charge in [0.05, 0.1) is 12.8 Å². The lowest BCUT2D eigenvalue weighted by atomic mass is 10.2. The van der Waals surface area contributed by atoms with Crippen molar-refractivity contribution in [3.8, 4) is 0 Å². The summed E-state index contributed by atoms with van der Waals surface area (Å²) in [6.45, 7) is 1.41. The molecular formula is C7H7BrFNO. The molecule has 0 aliphatic carbocycles. The number of aromatic nitrogens is 1. The first kappa shape index (κ1) is 8.62. The molecule has 0 atom stereocenters. The van der Waals surface area contributed by atoms with Gasteiger partial charge >= 0.3 is 0 Å². The molecule has 1 aromatic heterocycles. The molecule has 0 unspecified atom stereocenters. The van der Waals surface area contributed by atoms with Crippen LogP contribution in [-0.4, -0.2) is 10.1 Å². The first-order valence-corrected chi connectivity index (χ1v) is 3.86. The molecular weight excluding hydrogens is 213 g/mol. The van der Waals surface area contributed by atoms with Gasteiger partial charge in [0.25, 0.3) is 0 Å². The Morgan fingerprint density at radius 2 is 2.36 bits per heavy atom. The van der Waals surface area contributed by atoms with E-state index in [9.17, 15) is 4.39 Å². The minimum absolute atomic E-state index is 0.293. The molecule has 0 aromatic carbocycles. The lowest BCUT2D eigenvalue weighted by Crippen LogP contribution is -1.96. The zero-order valence-electron chi connectivity index (χ0n) is 5.93. The van der Waals surface area contributed by atoms with Gasteiger partial charge in [0.2, 0.25) is 0 Å². The maximum absolute atomic E-state index is 12.8. The maximum atomic E-state index is 12.8. The largest absolute Gasteiger partial charge is 0.392 e. The van der Waals surface area contributed by atoms with Gasteiger partial charge in [-0.05, 0) is 28.4 Å². The normalized spacial score (nSPS) is 10.2. The van der Waals surface area contributed by atoms with Gasteiger partial charge in [-0.15, -0.1) is 0 Å². The van der Waals surface area contributed by atoms with Crippen LogP contribution in [-0.2, 0) is 6.61 Å². The van der Waals surface area contributed by atoms with Gasteiger partial charge < -0.3 is 5.11 Å². The van der Waals surface area contributed by atoms with Crippen molar-refractivity contribution >= 4 is 15.9 Å². The molecule has 60 valence electrons. The lowest BCUT2D eigenvalue weighted by molar-refractivity contribution is 0.274. The highest BCUT2D eigenvalue weighted by Crippen LogP contribution is 2.19. The summed E-state index contributed by atoms with van der Waals surface area (Å²) in [6.07, 6.45) is 1.09. The van der Waals surface area contributed by atoms with Gasteiger partial charge in [0, 0.05) is 5.56 Å². The van der Waals surface area contributed by atoms with Crippen molar-refractivity contribution in [2.75, 3.05) is 0 Å². The van der Waals surface area contributed by atoms with Gasteiger partial charge in [0.15, 0.2) is 0 Å². The highest BCUT2D eigenvalue weighted by molar-refractivity contribution is 9.10. The minimum Gasteiger partial charge on any atom is -0.392 e. The smallest absolute Gasteiger partial charge is 0.147 e. The van der Waals surface area contributed by atoms with Crippen molar-refractivity contribution in [3.63, 3.8) is 0 Å². The zero-order valence-corrected chi connectivity index (χ0v) is 7.52. The third-order valence-electron chi connectivity index (χ3n) is 1.50. The minimum atomic E-state index is -0.465. The summed E-state index contributed by atoms with van der Waals surface area (Å²) >= 11 is 3.13. The van der Waals surface area contributed by atoms with Gasteiger partial charge in [-0.3, -0.25) is 0 Å². The molecule has 0 radical (unpaired) electrons. The van der Waals surface area contributed by atoms with E-state index in [1.54, 1.807) is 6.92 Å². The predicted octanol–water partition coefficient (Wildman–Crippen LogP) is 1.78. The number of nitrogens with zero attached hydrogens (tertiary/aromatic N) is 1. The molecule has 11 heavy (non-hydrogen) atoms. The Kier molecular flexibility index (Phi) is 2.57. The monoisotopic (exact) mass is 219 g/mol. The second kappa shape index (κ2) is 3.28. The third kappa shape index (κ3) is 1.57. The van der Waals surface area contributed by atoms with Crippen molar-refractivity contribution < 1.29 is 9.50 Å². The molecule has 1 heterocycles. The molecule has 0 saturated heterocycles. The third-order valence-corrected chi connectivity index (χ3v) is 2.30. The molecule has 0 fully saturated rings. The summed E-state index contributed by atoms with van der Waals surface area (Å²) < 4.78 is 13.4. The van der Waals surface area contributed by atoms with Gasteiger partial charge in [-0.25, -0.2) is 9.37 Å². The van der Waals surface area contributed by atoms with Crippen LogP contribution in [0.3, 0.4) is 0 Å². The maximum Gasteiger partial charge on any atom is 0.147 e. The molecule has 1 aromatic rings. The first-order valence-electron chi connectivity index (χ1n) is 3.07.